The van der Waals surface area contributed by atoms with Crippen LogP contribution in [0.3, 0.4) is 0 Å². The summed E-state index contributed by atoms with van der Waals surface area (Å²) in [6.45, 7) is 0.564. The molecule has 1 fully saturated rings. The van der Waals surface area contributed by atoms with E-state index >= 15 is 0 Å². The molecule has 0 radical (unpaired) electrons. The highest BCUT2D eigenvalue weighted by molar-refractivity contribution is 9.09. The Hall–Kier alpha value is -0.830. The quantitative estimate of drug-likeness (QED) is 0.720. The van der Waals surface area contributed by atoms with E-state index in [0.29, 0.717) is 12.5 Å². The SMILES string of the molecule is BrC1CCCC1.N=C1OCc2ccccc21. The summed E-state index contributed by atoms with van der Waals surface area (Å²) >= 11 is 3.54. The number of fused-ring (bicyclic) bond motifs is 1. The van der Waals surface area contributed by atoms with Gasteiger partial charge in [0.25, 0.3) is 0 Å². The highest BCUT2D eigenvalue weighted by atomic mass is 79.9. The van der Waals surface area contributed by atoms with Crippen LogP contribution in [0.15, 0.2) is 24.3 Å². The minimum Gasteiger partial charge on any atom is -0.473 e. The van der Waals surface area contributed by atoms with E-state index in [-0.39, 0.29) is 0 Å². The molecule has 3 rings (SSSR count). The molecule has 1 aromatic carbocycles. The lowest BCUT2D eigenvalue weighted by Gasteiger charge is -1.90. The average Bonchev–Trinajstić information content (AvgIpc) is 2.91. The summed E-state index contributed by atoms with van der Waals surface area (Å²) in [6.07, 6.45) is 5.69. The summed E-state index contributed by atoms with van der Waals surface area (Å²) in [7, 11) is 0. The molecule has 0 unspecified atom stereocenters. The fourth-order valence-corrected chi connectivity index (χ4v) is 2.62. The van der Waals surface area contributed by atoms with E-state index in [1.807, 2.05) is 24.3 Å². The number of ether oxygens (including phenoxy) is 1. The van der Waals surface area contributed by atoms with Crippen molar-refractivity contribution < 1.29 is 4.74 Å². The highest BCUT2D eigenvalue weighted by Gasteiger charge is 2.15. The van der Waals surface area contributed by atoms with E-state index in [9.17, 15) is 0 Å². The van der Waals surface area contributed by atoms with Gasteiger partial charge in [0, 0.05) is 16.0 Å². The van der Waals surface area contributed by atoms with Crippen LogP contribution in [-0.2, 0) is 11.3 Å². The molecule has 1 saturated carbocycles. The van der Waals surface area contributed by atoms with Gasteiger partial charge in [0.1, 0.15) is 6.61 Å². The Morgan fingerprint density at radius 2 is 1.88 bits per heavy atom. The second kappa shape index (κ2) is 5.48. The van der Waals surface area contributed by atoms with Crippen LogP contribution in [0.5, 0.6) is 0 Å². The van der Waals surface area contributed by atoms with Gasteiger partial charge in [0.15, 0.2) is 0 Å². The Balaban J connectivity index is 0.000000138. The molecular formula is C13H16BrNO. The Morgan fingerprint density at radius 1 is 1.19 bits per heavy atom. The molecule has 1 heterocycles. The standard InChI is InChI=1S/C8H7NO.C5H9Br/c9-8-7-4-2-1-3-6(7)5-10-8;6-5-3-1-2-4-5/h1-4,9H,5H2;5H,1-4H2. The van der Waals surface area contributed by atoms with Crippen LogP contribution < -0.4 is 0 Å². The zero-order chi connectivity index (χ0) is 11.4. The van der Waals surface area contributed by atoms with Crippen LogP contribution in [0.4, 0.5) is 0 Å². The number of alkyl halides is 1. The number of nitrogens with one attached hydrogen (secondary N) is 1. The molecular weight excluding hydrogens is 266 g/mol. The first-order valence-corrected chi connectivity index (χ1v) is 6.62. The molecule has 0 aromatic heterocycles. The van der Waals surface area contributed by atoms with E-state index in [1.165, 1.54) is 25.7 Å². The van der Waals surface area contributed by atoms with Crippen LogP contribution in [0.1, 0.15) is 36.8 Å². The van der Waals surface area contributed by atoms with Crippen molar-refractivity contribution in [3.8, 4) is 0 Å². The number of hydrogen-bond acceptors (Lipinski definition) is 2. The third-order valence-electron chi connectivity index (χ3n) is 2.92. The Bertz CT molecular complexity index is 372. The highest BCUT2D eigenvalue weighted by Crippen LogP contribution is 2.23. The molecule has 1 N–H and O–H groups in total. The van der Waals surface area contributed by atoms with Gasteiger partial charge in [-0.15, -0.1) is 0 Å². The molecule has 16 heavy (non-hydrogen) atoms. The van der Waals surface area contributed by atoms with Gasteiger partial charge in [-0.1, -0.05) is 47.0 Å². The second-order valence-electron chi connectivity index (χ2n) is 4.16. The van der Waals surface area contributed by atoms with Crippen molar-refractivity contribution in [1.82, 2.24) is 0 Å². The van der Waals surface area contributed by atoms with E-state index in [4.69, 9.17) is 10.1 Å². The summed E-state index contributed by atoms with van der Waals surface area (Å²) in [6, 6.07) is 7.77. The predicted octanol–water partition coefficient (Wildman–Crippen LogP) is 3.87. The normalized spacial score (nSPS) is 18.7. The number of benzene rings is 1. The number of halogens is 1. The minimum atomic E-state index is 0.301. The monoisotopic (exact) mass is 281 g/mol. The van der Waals surface area contributed by atoms with Crippen LogP contribution in [0.2, 0.25) is 0 Å². The summed E-state index contributed by atoms with van der Waals surface area (Å²) in [5.41, 5.74) is 2.05. The van der Waals surface area contributed by atoms with Gasteiger partial charge in [0.05, 0.1) is 0 Å². The molecule has 86 valence electrons. The fraction of sp³-hybridized carbons (Fsp3) is 0.462. The Kier molecular flexibility index (Phi) is 3.99. The Labute approximate surface area is 105 Å². The van der Waals surface area contributed by atoms with Crippen molar-refractivity contribution in [3.63, 3.8) is 0 Å². The van der Waals surface area contributed by atoms with Crippen molar-refractivity contribution in [2.45, 2.75) is 37.1 Å². The summed E-state index contributed by atoms with van der Waals surface area (Å²) in [5.74, 6) is 0.301. The maximum Gasteiger partial charge on any atom is 0.213 e. The average molecular weight is 282 g/mol. The van der Waals surface area contributed by atoms with Crippen LogP contribution in [0.25, 0.3) is 0 Å². The molecule has 2 nitrogen and oxygen atoms in total. The van der Waals surface area contributed by atoms with Crippen molar-refractivity contribution in [2.75, 3.05) is 0 Å². The molecule has 0 amide bonds. The first-order valence-electron chi connectivity index (χ1n) is 5.71. The van der Waals surface area contributed by atoms with Gasteiger partial charge in [0.2, 0.25) is 5.90 Å². The third-order valence-corrected chi connectivity index (χ3v) is 3.83. The van der Waals surface area contributed by atoms with E-state index in [2.05, 4.69) is 15.9 Å². The van der Waals surface area contributed by atoms with Gasteiger partial charge in [-0.3, -0.25) is 5.41 Å². The topological polar surface area (TPSA) is 33.1 Å². The maximum absolute atomic E-state index is 7.31. The van der Waals surface area contributed by atoms with Gasteiger partial charge in [-0.25, -0.2) is 0 Å². The fourth-order valence-electron chi connectivity index (χ4n) is 1.97. The zero-order valence-electron chi connectivity index (χ0n) is 9.21. The summed E-state index contributed by atoms with van der Waals surface area (Å²) in [5, 5.41) is 7.31. The number of rotatable bonds is 0. The lowest BCUT2D eigenvalue weighted by atomic mass is 10.1. The largest absolute Gasteiger partial charge is 0.473 e. The number of hydrogen-bond donors (Lipinski definition) is 1. The van der Waals surface area contributed by atoms with Crippen LogP contribution in [0, 0.1) is 5.41 Å². The Morgan fingerprint density at radius 3 is 2.44 bits per heavy atom. The van der Waals surface area contributed by atoms with Gasteiger partial charge in [-0.2, -0.15) is 0 Å². The summed E-state index contributed by atoms with van der Waals surface area (Å²) in [4.78, 5) is 0.859. The van der Waals surface area contributed by atoms with E-state index < -0.39 is 0 Å². The van der Waals surface area contributed by atoms with Gasteiger partial charge < -0.3 is 4.74 Å². The molecule has 1 aliphatic carbocycles. The van der Waals surface area contributed by atoms with Gasteiger partial charge in [-0.05, 0) is 18.9 Å². The van der Waals surface area contributed by atoms with Crippen molar-refractivity contribution in [3.05, 3.63) is 35.4 Å². The van der Waals surface area contributed by atoms with E-state index in [0.717, 1.165) is 16.0 Å². The lowest BCUT2D eigenvalue weighted by molar-refractivity contribution is 0.310. The molecule has 0 atom stereocenters. The first-order chi connectivity index (χ1) is 7.77. The predicted molar refractivity (Wildman–Crippen MR) is 69.2 cm³/mol. The van der Waals surface area contributed by atoms with Crippen molar-refractivity contribution in [1.29, 1.82) is 5.41 Å². The van der Waals surface area contributed by atoms with Crippen LogP contribution >= 0.6 is 15.9 Å². The first kappa shape index (κ1) is 11.6. The van der Waals surface area contributed by atoms with E-state index in [1.54, 1.807) is 0 Å². The van der Waals surface area contributed by atoms with Gasteiger partial charge >= 0.3 is 0 Å². The second-order valence-corrected chi connectivity index (χ2v) is 5.45. The third kappa shape index (κ3) is 2.85. The maximum atomic E-state index is 7.31. The summed E-state index contributed by atoms with van der Waals surface area (Å²) < 4.78 is 5.01. The zero-order valence-corrected chi connectivity index (χ0v) is 10.8. The smallest absolute Gasteiger partial charge is 0.213 e. The molecule has 0 spiro atoms. The van der Waals surface area contributed by atoms with Crippen molar-refractivity contribution in [2.24, 2.45) is 0 Å². The molecule has 1 aromatic rings. The molecule has 3 heteroatoms. The van der Waals surface area contributed by atoms with Crippen LogP contribution in [-0.4, -0.2) is 10.7 Å². The molecule has 0 saturated heterocycles. The molecule has 1 aliphatic heterocycles. The lowest BCUT2D eigenvalue weighted by Crippen LogP contribution is -1.92. The molecule has 0 bridgehead atoms. The van der Waals surface area contributed by atoms with Crippen molar-refractivity contribution >= 4 is 21.8 Å². The minimum absolute atomic E-state index is 0.301. The molecule has 2 aliphatic rings.